The standard InChI is InChI=1S/C17H27N3O2/c1-2-19(15-8-4-3-5-9-15)12-7-11-18-17(22)20-13-6-10-16(20)14-21/h3-5,8-9,16,21H,2,6-7,10-14H2,1H3,(H,18,22). The summed E-state index contributed by atoms with van der Waals surface area (Å²) in [4.78, 5) is 16.2. The van der Waals surface area contributed by atoms with E-state index in [4.69, 9.17) is 0 Å². The Balaban J connectivity index is 1.71. The predicted octanol–water partition coefficient (Wildman–Crippen LogP) is 2.07. The van der Waals surface area contributed by atoms with Crippen LogP contribution in [0, 0.1) is 0 Å². The van der Waals surface area contributed by atoms with E-state index in [1.807, 2.05) is 18.2 Å². The number of hydrogen-bond donors (Lipinski definition) is 2. The van der Waals surface area contributed by atoms with Crippen LogP contribution in [-0.4, -0.2) is 54.9 Å². The van der Waals surface area contributed by atoms with E-state index < -0.39 is 0 Å². The van der Waals surface area contributed by atoms with Gasteiger partial charge in [-0.15, -0.1) is 0 Å². The Morgan fingerprint density at radius 3 is 2.86 bits per heavy atom. The van der Waals surface area contributed by atoms with Crippen LogP contribution < -0.4 is 10.2 Å². The fraction of sp³-hybridized carbons (Fsp3) is 0.588. The van der Waals surface area contributed by atoms with E-state index >= 15 is 0 Å². The summed E-state index contributed by atoms with van der Waals surface area (Å²) >= 11 is 0. The van der Waals surface area contributed by atoms with Crippen molar-refractivity contribution in [2.24, 2.45) is 0 Å². The number of likely N-dealkylation sites (tertiary alicyclic amines) is 1. The summed E-state index contributed by atoms with van der Waals surface area (Å²) in [5.41, 5.74) is 1.22. The van der Waals surface area contributed by atoms with Gasteiger partial charge in [0, 0.05) is 31.9 Å². The Morgan fingerprint density at radius 2 is 2.18 bits per heavy atom. The van der Waals surface area contributed by atoms with Crippen molar-refractivity contribution in [1.82, 2.24) is 10.2 Å². The van der Waals surface area contributed by atoms with Gasteiger partial charge in [0.25, 0.3) is 0 Å². The molecule has 1 unspecified atom stereocenters. The highest BCUT2D eigenvalue weighted by Gasteiger charge is 2.27. The molecule has 1 atom stereocenters. The highest BCUT2D eigenvalue weighted by molar-refractivity contribution is 5.74. The van der Waals surface area contributed by atoms with Gasteiger partial charge in [-0.25, -0.2) is 4.79 Å². The molecule has 1 aromatic carbocycles. The molecular formula is C17H27N3O2. The van der Waals surface area contributed by atoms with Crippen LogP contribution in [0.4, 0.5) is 10.5 Å². The summed E-state index contributed by atoms with van der Waals surface area (Å²) in [6.07, 6.45) is 2.80. The number of rotatable bonds is 7. The third-order valence-corrected chi connectivity index (χ3v) is 4.23. The summed E-state index contributed by atoms with van der Waals surface area (Å²) < 4.78 is 0. The van der Waals surface area contributed by atoms with Gasteiger partial charge < -0.3 is 20.2 Å². The number of carbonyl (C=O) groups excluding carboxylic acids is 1. The topological polar surface area (TPSA) is 55.8 Å². The molecular weight excluding hydrogens is 278 g/mol. The maximum atomic E-state index is 12.1. The SMILES string of the molecule is CCN(CCCNC(=O)N1CCCC1CO)c1ccccc1. The van der Waals surface area contributed by atoms with Gasteiger partial charge >= 0.3 is 6.03 Å². The Morgan fingerprint density at radius 1 is 1.41 bits per heavy atom. The van der Waals surface area contributed by atoms with Gasteiger partial charge in [0.2, 0.25) is 0 Å². The lowest BCUT2D eigenvalue weighted by Gasteiger charge is -2.25. The van der Waals surface area contributed by atoms with E-state index in [-0.39, 0.29) is 18.7 Å². The quantitative estimate of drug-likeness (QED) is 0.758. The van der Waals surface area contributed by atoms with Gasteiger partial charge in [0.15, 0.2) is 0 Å². The van der Waals surface area contributed by atoms with Crippen molar-refractivity contribution in [2.75, 3.05) is 37.7 Å². The molecule has 1 fully saturated rings. The van der Waals surface area contributed by atoms with Gasteiger partial charge in [-0.3, -0.25) is 0 Å². The second-order valence-corrected chi connectivity index (χ2v) is 5.67. The molecule has 122 valence electrons. The van der Waals surface area contributed by atoms with Gasteiger partial charge in [0.05, 0.1) is 12.6 Å². The van der Waals surface area contributed by atoms with Crippen LogP contribution in [0.25, 0.3) is 0 Å². The van der Waals surface area contributed by atoms with Crippen LogP contribution in [-0.2, 0) is 0 Å². The third-order valence-electron chi connectivity index (χ3n) is 4.23. The highest BCUT2D eigenvalue weighted by Crippen LogP contribution is 2.16. The van der Waals surface area contributed by atoms with Crippen LogP contribution in [0.5, 0.6) is 0 Å². The van der Waals surface area contributed by atoms with Crippen molar-refractivity contribution in [3.63, 3.8) is 0 Å². The van der Waals surface area contributed by atoms with Crippen molar-refractivity contribution in [3.05, 3.63) is 30.3 Å². The number of aliphatic hydroxyl groups excluding tert-OH is 1. The second-order valence-electron chi connectivity index (χ2n) is 5.67. The van der Waals surface area contributed by atoms with Gasteiger partial charge in [-0.05, 0) is 38.3 Å². The normalized spacial score (nSPS) is 17.5. The molecule has 22 heavy (non-hydrogen) atoms. The van der Waals surface area contributed by atoms with E-state index in [1.54, 1.807) is 4.90 Å². The Labute approximate surface area is 132 Å². The fourth-order valence-electron chi connectivity index (χ4n) is 2.97. The van der Waals surface area contributed by atoms with Crippen molar-refractivity contribution in [3.8, 4) is 0 Å². The number of anilines is 1. The highest BCUT2D eigenvalue weighted by atomic mass is 16.3. The molecule has 2 rings (SSSR count). The maximum Gasteiger partial charge on any atom is 0.317 e. The van der Waals surface area contributed by atoms with Crippen molar-refractivity contribution in [1.29, 1.82) is 0 Å². The molecule has 0 bridgehead atoms. The average molecular weight is 305 g/mol. The minimum Gasteiger partial charge on any atom is -0.394 e. The molecule has 0 saturated carbocycles. The number of amides is 2. The summed E-state index contributed by atoms with van der Waals surface area (Å²) in [6.45, 7) is 5.49. The molecule has 0 spiro atoms. The molecule has 2 amide bonds. The number of nitrogens with one attached hydrogen (secondary N) is 1. The van der Waals surface area contributed by atoms with Crippen molar-refractivity contribution >= 4 is 11.7 Å². The van der Waals surface area contributed by atoms with Gasteiger partial charge in [-0.1, -0.05) is 18.2 Å². The summed E-state index contributed by atoms with van der Waals surface area (Å²) in [5.74, 6) is 0. The number of hydrogen-bond acceptors (Lipinski definition) is 3. The first kappa shape index (κ1) is 16.6. The number of carbonyl (C=O) groups is 1. The van der Waals surface area contributed by atoms with Gasteiger partial charge in [-0.2, -0.15) is 0 Å². The first-order valence-electron chi connectivity index (χ1n) is 8.21. The lowest BCUT2D eigenvalue weighted by Crippen LogP contribution is -2.44. The number of nitrogens with zero attached hydrogens (tertiary/aromatic N) is 2. The van der Waals surface area contributed by atoms with Crippen LogP contribution in [0.15, 0.2) is 30.3 Å². The molecule has 1 aromatic rings. The summed E-state index contributed by atoms with van der Waals surface area (Å²) in [6, 6.07) is 10.3. The fourth-order valence-corrected chi connectivity index (χ4v) is 2.97. The van der Waals surface area contributed by atoms with E-state index in [2.05, 4.69) is 29.3 Å². The molecule has 0 aromatic heterocycles. The number of benzene rings is 1. The van der Waals surface area contributed by atoms with Crippen molar-refractivity contribution in [2.45, 2.75) is 32.2 Å². The van der Waals surface area contributed by atoms with E-state index in [0.29, 0.717) is 6.54 Å². The predicted molar refractivity (Wildman–Crippen MR) is 89.2 cm³/mol. The molecule has 2 N–H and O–H groups in total. The molecule has 1 aliphatic heterocycles. The average Bonchev–Trinajstić information content (AvgIpc) is 3.04. The minimum absolute atomic E-state index is 0.00328. The largest absolute Gasteiger partial charge is 0.394 e. The zero-order valence-electron chi connectivity index (χ0n) is 13.4. The van der Waals surface area contributed by atoms with E-state index in [0.717, 1.165) is 38.9 Å². The Hall–Kier alpha value is -1.75. The maximum absolute atomic E-state index is 12.1. The number of aliphatic hydroxyl groups is 1. The Bertz CT molecular complexity index is 452. The molecule has 5 heteroatoms. The lowest BCUT2D eigenvalue weighted by atomic mass is 10.2. The van der Waals surface area contributed by atoms with Crippen molar-refractivity contribution < 1.29 is 9.90 Å². The van der Waals surface area contributed by atoms with Crippen LogP contribution in [0.2, 0.25) is 0 Å². The molecule has 5 nitrogen and oxygen atoms in total. The molecule has 1 aliphatic rings. The smallest absolute Gasteiger partial charge is 0.317 e. The Kier molecular flexibility index (Phi) is 6.52. The van der Waals surface area contributed by atoms with Gasteiger partial charge in [0.1, 0.15) is 0 Å². The summed E-state index contributed by atoms with van der Waals surface area (Å²) in [5, 5.41) is 12.2. The number of urea groups is 1. The van der Waals surface area contributed by atoms with Crippen LogP contribution >= 0.6 is 0 Å². The zero-order valence-corrected chi connectivity index (χ0v) is 13.4. The van der Waals surface area contributed by atoms with E-state index in [9.17, 15) is 9.90 Å². The lowest BCUT2D eigenvalue weighted by molar-refractivity contribution is 0.157. The first-order chi connectivity index (χ1) is 10.8. The minimum atomic E-state index is -0.0423. The van der Waals surface area contributed by atoms with Crippen LogP contribution in [0.3, 0.4) is 0 Å². The molecule has 1 saturated heterocycles. The molecule has 0 aliphatic carbocycles. The van der Waals surface area contributed by atoms with E-state index in [1.165, 1.54) is 5.69 Å². The first-order valence-corrected chi connectivity index (χ1v) is 8.21. The second kappa shape index (κ2) is 8.63. The summed E-state index contributed by atoms with van der Waals surface area (Å²) in [7, 11) is 0. The molecule has 0 radical (unpaired) electrons. The zero-order chi connectivity index (χ0) is 15.8. The monoisotopic (exact) mass is 305 g/mol. The van der Waals surface area contributed by atoms with Crippen LogP contribution in [0.1, 0.15) is 26.2 Å². The molecule has 1 heterocycles. The number of para-hydroxylation sites is 1. The third kappa shape index (κ3) is 4.37.